The zero-order valence-corrected chi connectivity index (χ0v) is 10.1. The minimum atomic E-state index is -0.0108. The maximum Gasteiger partial charge on any atom is 0.318 e. The number of hydrogen-bond donors (Lipinski definition) is 2. The normalized spacial score (nSPS) is 14.7. The molecule has 17 heavy (non-hydrogen) atoms. The molecule has 1 fully saturated rings. The number of nitrogens with zero attached hydrogens (tertiary/aromatic N) is 3. The Balaban J connectivity index is 1.84. The van der Waals surface area contributed by atoms with Crippen molar-refractivity contribution in [2.24, 2.45) is 0 Å². The fraction of sp³-hybridized carbons (Fsp3) is 0.700. The van der Waals surface area contributed by atoms with Crippen LogP contribution in [0.15, 0.2) is 4.42 Å². The summed E-state index contributed by atoms with van der Waals surface area (Å²) in [5.41, 5.74) is 0. The van der Waals surface area contributed by atoms with E-state index >= 15 is 0 Å². The van der Waals surface area contributed by atoms with Crippen molar-refractivity contribution < 1.29 is 9.21 Å². The highest BCUT2D eigenvalue weighted by Crippen LogP contribution is 2.18. The molecule has 0 aromatic carbocycles. The first kappa shape index (κ1) is 11.8. The highest BCUT2D eigenvalue weighted by atomic mass is 16.4. The smallest absolute Gasteiger partial charge is 0.318 e. The van der Waals surface area contributed by atoms with Crippen LogP contribution < -0.4 is 15.5 Å². The van der Waals surface area contributed by atoms with Crippen LogP contribution in [0.5, 0.6) is 0 Å². The lowest BCUT2D eigenvalue weighted by atomic mass is 10.5. The number of anilines is 1. The third kappa shape index (κ3) is 3.42. The van der Waals surface area contributed by atoms with Crippen LogP contribution in [-0.2, 0) is 11.3 Å². The molecule has 1 saturated carbocycles. The molecule has 0 bridgehead atoms. The van der Waals surface area contributed by atoms with Gasteiger partial charge in [-0.2, -0.15) is 0 Å². The molecule has 1 aromatic rings. The Morgan fingerprint density at radius 3 is 2.94 bits per heavy atom. The van der Waals surface area contributed by atoms with E-state index in [9.17, 15) is 4.79 Å². The third-order valence-electron chi connectivity index (χ3n) is 2.43. The molecule has 0 spiro atoms. The lowest BCUT2D eigenvalue weighted by molar-refractivity contribution is -0.119. The first-order chi connectivity index (χ1) is 8.19. The first-order valence-corrected chi connectivity index (χ1v) is 5.66. The summed E-state index contributed by atoms with van der Waals surface area (Å²) in [7, 11) is 3.56. The van der Waals surface area contributed by atoms with Gasteiger partial charge in [-0.3, -0.25) is 4.79 Å². The van der Waals surface area contributed by atoms with Crippen LogP contribution >= 0.6 is 0 Å². The minimum Gasteiger partial charge on any atom is -0.407 e. The van der Waals surface area contributed by atoms with Crippen LogP contribution in [0, 0.1) is 0 Å². The summed E-state index contributed by atoms with van der Waals surface area (Å²) in [4.78, 5) is 13.2. The van der Waals surface area contributed by atoms with Crippen molar-refractivity contribution in [2.75, 3.05) is 25.5 Å². The number of amides is 1. The Labute approximate surface area is 99.6 Å². The maximum absolute atomic E-state index is 11.6. The summed E-state index contributed by atoms with van der Waals surface area (Å²) in [5.74, 6) is 0.500. The Hall–Kier alpha value is -1.63. The molecule has 94 valence electrons. The fourth-order valence-corrected chi connectivity index (χ4v) is 1.41. The predicted molar refractivity (Wildman–Crippen MR) is 61.5 cm³/mol. The highest BCUT2D eigenvalue weighted by molar-refractivity contribution is 5.81. The van der Waals surface area contributed by atoms with Crippen molar-refractivity contribution in [3.05, 3.63) is 5.89 Å². The number of nitrogens with one attached hydrogen (secondary N) is 2. The minimum absolute atomic E-state index is 0.0108. The first-order valence-electron chi connectivity index (χ1n) is 5.66. The van der Waals surface area contributed by atoms with E-state index in [-0.39, 0.29) is 12.5 Å². The second-order valence-corrected chi connectivity index (χ2v) is 4.21. The predicted octanol–water partition coefficient (Wildman–Crippen LogP) is -0.496. The van der Waals surface area contributed by atoms with Gasteiger partial charge in [0.15, 0.2) is 0 Å². The van der Waals surface area contributed by atoms with Gasteiger partial charge in [-0.15, -0.1) is 5.10 Å². The molecule has 7 nitrogen and oxygen atoms in total. The average Bonchev–Trinajstić information content (AvgIpc) is 2.95. The van der Waals surface area contributed by atoms with Crippen LogP contribution in [-0.4, -0.2) is 42.8 Å². The van der Waals surface area contributed by atoms with Gasteiger partial charge in [0, 0.05) is 13.1 Å². The van der Waals surface area contributed by atoms with E-state index in [1.807, 2.05) is 0 Å². The van der Waals surface area contributed by atoms with Crippen molar-refractivity contribution in [3.63, 3.8) is 0 Å². The monoisotopic (exact) mass is 239 g/mol. The van der Waals surface area contributed by atoms with Crippen molar-refractivity contribution in [1.82, 2.24) is 20.8 Å². The van der Waals surface area contributed by atoms with Gasteiger partial charge < -0.3 is 20.0 Å². The van der Waals surface area contributed by atoms with Crippen LogP contribution in [0.1, 0.15) is 18.7 Å². The third-order valence-corrected chi connectivity index (χ3v) is 2.43. The van der Waals surface area contributed by atoms with Gasteiger partial charge >= 0.3 is 6.01 Å². The van der Waals surface area contributed by atoms with Gasteiger partial charge in [-0.1, -0.05) is 5.10 Å². The molecule has 0 unspecified atom stereocenters. The molecule has 1 aromatic heterocycles. The van der Waals surface area contributed by atoms with Crippen LogP contribution in [0.25, 0.3) is 0 Å². The second kappa shape index (κ2) is 5.13. The SMILES string of the molecule is CNCc1nnc(N(C)CC(=O)NC2CC2)o1. The summed E-state index contributed by atoms with van der Waals surface area (Å²) in [5, 5.41) is 13.5. The van der Waals surface area contributed by atoms with Crippen LogP contribution in [0.2, 0.25) is 0 Å². The number of carbonyl (C=O) groups is 1. The summed E-state index contributed by atoms with van der Waals surface area (Å²) < 4.78 is 5.37. The summed E-state index contributed by atoms with van der Waals surface area (Å²) in [6.45, 7) is 0.757. The van der Waals surface area contributed by atoms with Gasteiger partial charge in [-0.05, 0) is 19.9 Å². The topological polar surface area (TPSA) is 83.3 Å². The fourth-order valence-electron chi connectivity index (χ4n) is 1.41. The van der Waals surface area contributed by atoms with E-state index < -0.39 is 0 Å². The lowest BCUT2D eigenvalue weighted by Crippen LogP contribution is -2.36. The van der Waals surface area contributed by atoms with Gasteiger partial charge in [0.05, 0.1) is 6.54 Å². The zero-order chi connectivity index (χ0) is 12.3. The van der Waals surface area contributed by atoms with Crippen molar-refractivity contribution in [1.29, 1.82) is 0 Å². The Bertz CT molecular complexity index is 388. The number of carbonyl (C=O) groups excluding carboxylic acids is 1. The van der Waals surface area contributed by atoms with Gasteiger partial charge in [0.25, 0.3) is 0 Å². The molecule has 0 aliphatic heterocycles. The number of rotatable bonds is 6. The quantitative estimate of drug-likeness (QED) is 0.696. The largest absolute Gasteiger partial charge is 0.407 e. The van der Waals surface area contributed by atoms with Gasteiger partial charge in [0.2, 0.25) is 11.8 Å². The van der Waals surface area contributed by atoms with Crippen molar-refractivity contribution in [2.45, 2.75) is 25.4 Å². The number of hydrogen-bond acceptors (Lipinski definition) is 6. The molecule has 1 amide bonds. The zero-order valence-electron chi connectivity index (χ0n) is 10.1. The molecule has 0 radical (unpaired) electrons. The van der Waals surface area contributed by atoms with Crippen LogP contribution in [0.4, 0.5) is 6.01 Å². The summed E-state index contributed by atoms with van der Waals surface area (Å²) in [6, 6.07) is 0.736. The molecule has 1 heterocycles. The number of aromatic nitrogens is 2. The highest BCUT2D eigenvalue weighted by Gasteiger charge is 2.24. The van der Waals surface area contributed by atoms with Crippen molar-refractivity contribution >= 4 is 11.9 Å². The van der Waals surface area contributed by atoms with E-state index in [1.165, 1.54) is 0 Å². The van der Waals surface area contributed by atoms with Gasteiger partial charge in [-0.25, -0.2) is 0 Å². The molecule has 7 heteroatoms. The van der Waals surface area contributed by atoms with E-state index in [2.05, 4.69) is 20.8 Å². The molecule has 1 aliphatic carbocycles. The van der Waals surface area contributed by atoms with E-state index in [1.54, 1.807) is 19.0 Å². The number of likely N-dealkylation sites (N-methyl/N-ethyl adjacent to an activating group) is 1. The maximum atomic E-state index is 11.6. The average molecular weight is 239 g/mol. The van der Waals surface area contributed by atoms with E-state index in [0.29, 0.717) is 24.5 Å². The standard InChI is InChI=1S/C10H17N5O2/c1-11-5-9-13-14-10(17-9)15(2)6-8(16)12-7-3-4-7/h7,11H,3-6H2,1-2H3,(H,12,16). The second-order valence-electron chi connectivity index (χ2n) is 4.21. The Morgan fingerprint density at radius 2 is 2.29 bits per heavy atom. The Kier molecular flexibility index (Phi) is 3.58. The lowest BCUT2D eigenvalue weighted by Gasteiger charge is -2.13. The molecule has 2 N–H and O–H groups in total. The van der Waals surface area contributed by atoms with Crippen LogP contribution in [0.3, 0.4) is 0 Å². The summed E-state index contributed by atoms with van der Waals surface area (Å²) >= 11 is 0. The van der Waals surface area contributed by atoms with E-state index in [4.69, 9.17) is 4.42 Å². The summed E-state index contributed by atoms with van der Waals surface area (Å²) in [6.07, 6.45) is 2.17. The molecule has 2 rings (SSSR count). The Morgan fingerprint density at radius 1 is 1.53 bits per heavy atom. The molecular weight excluding hydrogens is 222 g/mol. The van der Waals surface area contributed by atoms with Crippen molar-refractivity contribution in [3.8, 4) is 0 Å². The van der Waals surface area contributed by atoms with E-state index in [0.717, 1.165) is 12.8 Å². The molecule has 1 aliphatic rings. The van der Waals surface area contributed by atoms with Gasteiger partial charge in [0.1, 0.15) is 6.54 Å². The molecule has 0 atom stereocenters. The molecular formula is C10H17N5O2. The molecule has 0 saturated heterocycles.